The number of hydrogen-bond donors (Lipinski definition) is 1. The largest absolute Gasteiger partial charge is 0.451 e. The highest BCUT2D eigenvalue weighted by Crippen LogP contribution is 2.28. The lowest BCUT2D eigenvalue weighted by Crippen LogP contribution is -2.28. The molecule has 0 saturated carbocycles. The third-order valence-electron chi connectivity index (χ3n) is 5.54. The SMILES string of the molecule is CCC(NC(=O)c1oc2ccccc2c1C)c1ccc2c(c1)CCCC2. The van der Waals surface area contributed by atoms with Crippen molar-refractivity contribution in [3.05, 3.63) is 70.5 Å². The van der Waals surface area contributed by atoms with E-state index >= 15 is 0 Å². The number of carbonyl (C=O) groups excluding carboxylic acids is 1. The lowest BCUT2D eigenvalue weighted by atomic mass is 9.89. The van der Waals surface area contributed by atoms with Crippen LogP contribution in [0.25, 0.3) is 11.0 Å². The van der Waals surface area contributed by atoms with Crippen molar-refractivity contribution in [2.24, 2.45) is 0 Å². The number of carbonyl (C=O) groups is 1. The number of furan rings is 1. The number of nitrogens with one attached hydrogen (secondary N) is 1. The first-order chi connectivity index (χ1) is 12.7. The molecule has 1 unspecified atom stereocenters. The van der Waals surface area contributed by atoms with E-state index in [9.17, 15) is 4.79 Å². The Bertz CT molecular complexity index is 954. The molecule has 1 aromatic heterocycles. The molecule has 26 heavy (non-hydrogen) atoms. The summed E-state index contributed by atoms with van der Waals surface area (Å²) in [4.78, 5) is 12.9. The van der Waals surface area contributed by atoms with Crippen molar-refractivity contribution in [1.82, 2.24) is 5.32 Å². The smallest absolute Gasteiger partial charge is 0.287 e. The van der Waals surface area contributed by atoms with E-state index in [4.69, 9.17) is 4.42 Å². The van der Waals surface area contributed by atoms with Crippen LogP contribution in [0, 0.1) is 6.92 Å². The summed E-state index contributed by atoms with van der Waals surface area (Å²) in [6.45, 7) is 4.05. The Hall–Kier alpha value is -2.55. The van der Waals surface area contributed by atoms with Crippen LogP contribution in [0.1, 0.15) is 65.0 Å². The molecule has 0 saturated heterocycles. The minimum Gasteiger partial charge on any atom is -0.451 e. The molecule has 0 spiro atoms. The molecule has 3 heteroatoms. The minimum absolute atomic E-state index is 0.00217. The van der Waals surface area contributed by atoms with Gasteiger partial charge < -0.3 is 9.73 Å². The van der Waals surface area contributed by atoms with Crippen molar-refractivity contribution in [2.45, 2.75) is 52.0 Å². The molecule has 3 aromatic rings. The van der Waals surface area contributed by atoms with Crippen LogP contribution >= 0.6 is 0 Å². The second-order valence-electron chi connectivity index (χ2n) is 7.22. The Kier molecular flexibility index (Phi) is 4.54. The quantitative estimate of drug-likeness (QED) is 0.677. The Morgan fingerprint density at radius 1 is 1.12 bits per heavy atom. The molecule has 0 aliphatic heterocycles. The van der Waals surface area contributed by atoms with Crippen molar-refractivity contribution < 1.29 is 9.21 Å². The van der Waals surface area contributed by atoms with Gasteiger partial charge in [-0.05, 0) is 61.8 Å². The molecule has 3 nitrogen and oxygen atoms in total. The third kappa shape index (κ3) is 3.03. The monoisotopic (exact) mass is 347 g/mol. The van der Waals surface area contributed by atoms with Gasteiger partial charge in [0.15, 0.2) is 5.76 Å². The van der Waals surface area contributed by atoms with Crippen LogP contribution in [-0.4, -0.2) is 5.91 Å². The summed E-state index contributed by atoms with van der Waals surface area (Å²) in [5.41, 5.74) is 5.77. The van der Waals surface area contributed by atoms with Crippen molar-refractivity contribution in [1.29, 1.82) is 0 Å². The van der Waals surface area contributed by atoms with Crippen LogP contribution in [0.5, 0.6) is 0 Å². The predicted octanol–water partition coefficient (Wildman–Crippen LogP) is 5.50. The van der Waals surface area contributed by atoms with Crippen LogP contribution < -0.4 is 5.32 Å². The first-order valence-corrected chi connectivity index (χ1v) is 9.58. The number of para-hydroxylation sites is 1. The number of rotatable bonds is 4. The molecule has 134 valence electrons. The fourth-order valence-corrected chi connectivity index (χ4v) is 4.01. The third-order valence-corrected chi connectivity index (χ3v) is 5.54. The molecule has 0 bridgehead atoms. The van der Waals surface area contributed by atoms with Gasteiger partial charge in [-0.15, -0.1) is 0 Å². The molecule has 1 aliphatic rings. The second-order valence-corrected chi connectivity index (χ2v) is 7.22. The summed E-state index contributed by atoms with van der Waals surface area (Å²) < 4.78 is 5.82. The molecule has 1 atom stereocenters. The summed E-state index contributed by atoms with van der Waals surface area (Å²) in [7, 11) is 0. The number of aryl methyl sites for hydroxylation is 3. The fraction of sp³-hybridized carbons (Fsp3) is 0.348. The van der Waals surface area contributed by atoms with Crippen LogP contribution in [-0.2, 0) is 12.8 Å². The first-order valence-electron chi connectivity index (χ1n) is 9.58. The van der Waals surface area contributed by atoms with E-state index < -0.39 is 0 Å². The predicted molar refractivity (Wildman–Crippen MR) is 105 cm³/mol. The summed E-state index contributed by atoms with van der Waals surface area (Å²) in [5, 5.41) is 4.17. The lowest BCUT2D eigenvalue weighted by molar-refractivity contribution is 0.0909. The zero-order valence-electron chi connectivity index (χ0n) is 15.5. The number of fused-ring (bicyclic) bond motifs is 2. The molecule has 1 heterocycles. The maximum atomic E-state index is 12.9. The van der Waals surface area contributed by atoms with Gasteiger partial charge in [-0.1, -0.05) is 43.3 Å². The topological polar surface area (TPSA) is 42.2 Å². The second kappa shape index (κ2) is 6.99. The van der Waals surface area contributed by atoms with E-state index in [1.807, 2.05) is 31.2 Å². The Balaban J connectivity index is 1.59. The Labute approximate surface area is 154 Å². The molecule has 0 fully saturated rings. The van der Waals surface area contributed by atoms with Gasteiger partial charge in [0.2, 0.25) is 0 Å². The Morgan fingerprint density at radius 2 is 1.88 bits per heavy atom. The highest BCUT2D eigenvalue weighted by Gasteiger charge is 2.21. The number of amides is 1. The summed E-state index contributed by atoms with van der Waals surface area (Å²) in [6.07, 6.45) is 5.72. The van der Waals surface area contributed by atoms with Gasteiger partial charge in [0, 0.05) is 10.9 Å². The Morgan fingerprint density at radius 3 is 2.65 bits per heavy atom. The average Bonchev–Trinajstić information content (AvgIpc) is 3.02. The normalized spacial score (nSPS) is 14.8. The van der Waals surface area contributed by atoms with E-state index in [1.165, 1.54) is 36.0 Å². The zero-order chi connectivity index (χ0) is 18.1. The standard InChI is InChI=1S/C23H25NO2/c1-3-20(18-13-12-16-8-4-5-9-17(16)14-18)24-23(25)22-15(2)19-10-6-7-11-21(19)26-22/h6-7,10-14,20H,3-5,8-9H2,1-2H3,(H,24,25). The van der Waals surface area contributed by atoms with Gasteiger partial charge in [-0.3, -0.25) is 4.79 Å². The zero-order valence-corrected chi connectivity index (χ0v) is 15.5. The van der Waals surface area contributed by atoms with Gasteiger partial charge >= 0.3 is 0 Å². The highest BCUT2D eigenvalue weighted by molar-refractivity contribution is 5.99. The maximum absolute atomic E-state index is 12.9. The van der Waals surface area contributed by atoms with Gasteiger partial charge in [-0.25, -0.2) is 0 Å². The molecule has 2 aromatic carbocycles. The van der Waals surface area contributed by atoms with Crippen molar-refractivity contribution in [2.75, 3.05) is 0 Å². The lowest BCUT2D eigenvalue weighted by Gasteiger charge is -2.21. The molecular formula is C23H25NO2. The van der Waals surface area contributed by atoms with Gasteiger partial charge in [-0.2, -0.15) is 0 Å². The van der Waals surface area contributed by atoms with Crippen LogP contribution in [0.3, 0.4) is 0 Å². The van der Waals surface area contributed by atoms with E-state index in [-0.39, 0.29) is 11.9 Å². The van der Waals surface area contributed by atoms with Gasteiger partial charge in [0.1, 0.15) is 5.58 Å². The van der Waals surface area contributed by atoms with Crippen LogP contribution in [0.4, 0.5) is 0 Å². The fourth-order valence-electron chi connectivity index (χ4n) is 4.01. The van der Waals surface area contributed by atoms with Crippen molar-refractivity contribution in [3.8, 4) is 0 Å². The minimum atomic E-state index is -0.136. The van der Waals surface area contributed by atoms with Crippen LogP contribution in [0.2, 0.25) is 0 Å². The maximum Gasteiger partial charge on any atom is 0.287 e. The van der Waals surface area contributed by atoms with E-state index in [1.54, 1.807) is 0 Å². The molecule has 1 aliphatic carbocycles. The molecule has 0 radical (unpaired) electrons. The summed E-state index contributed by atoms with van der Waals surface area (Å²) in [5.74, 6) is 0.283. The van der Waals surface area contributed by atoms with Gasteiger partial charge in [0.25, 0.3) is 5.91 Å². The summed E-state index contributed by atoms with van der Waals surface area (Å²) in [6, 6.07) is 14.5. The molecular weight excluding hydrogens is 322 g/mol. The van der Waals surface area contributed by atoms with E-state index in [0.717, 1.165) is 29.4 Å². The van der Waals surface area contributed by atoms with E-state index in [2.05, 4.69) is 30.4 Å². The first kappa shape index (κ1) is 16.9. The van der Waals surface area contributed by atoms with Crippen molar-refractivity contribution >= 4 is 16.9 Å². The van der Waals surface area contributed by atoms with Crippen molar-refractivity contribution in [3.63, 3.8) is 0 Å². The van der Waals surface area contributed by atoms with Crippen LogP contribution in [0.15, 0.2) is 46.9 Å². The number of benzene rings is 2. The summed E-state index contributed by atoms with van der Waals surface area (Å²) >= 11 is 0. The molecule has 1 N–H and O–H groups in total. The molecule has 1 amide bonds. The van der Waals surface area contributed by atoms with E-state index in [0.29, 0.717) is 5.76 Å². The number of hydrogen-bond acceptors (Lipinski definition) is 2. The highest BCUT2D eigenvalue weighted by atomic mass is 16.3. The average molecular weight is 347 g/mol. The van der Waals surface area contributed by atoms with Gasteiger partial charge in [0.05, 0.1) is 6.04 Å². The molecule has 4 rings (SSSR count).